The number of aryl methyl sites for hydroxylation is 1. The van der Waals surface area contributed by atoms with E-state index in [0.29, 0.717) is 33.1 Å². The molecule has 0 spiro atoms. The number of aromatic nitrogens is 5. The number of methoxy groups -OCH3 is 1. The van der Waals surface area contributed by atoms with Gasteiger partial charge in [-0.25, -0.2) is 9.50 Å². The summed E-state index contributed by atoms with van der Waals surface area (Å²) < 4.78 is 48.6. The molecule has 0 atom stereocenters. The Hall–Kier alpha value is -3.60. The van der Waals surface area contributed by atoms with Gasteiger partial charge in [0.15, 0.2) is 11.3 Å². The van der Waals surface area contributed by atoms with Crippen molar-refractivity contribution >= 4 is 23.2 Å². The van der Waals surface area contributed by atoms with Gasteiger partial charge in [0.2, 0.25) is 0 Å². The van der Waals surface area contributed by atoms with Gasteiger partial charge in [-0.1, -0.05) is 11.6 Å². The fourth-order valence-corrected chi connectivity index (χ4v) is 3.54. The zero-order valence-corrected chi connectivity index (χ0v) is 18.3. The van der Waals surface area contributed by atoms with E-state index in [2.05, 4.69) is 20.5 Å². The number of carbonyl (C=O) groups excluding carboxylic acids is 1. The molecule has 1 amide bonds. The molecule has 172 valence electrons. The van der Waals surface area contributed by atoms with Crippen LogP contribution in [0.2, 0.25) is 5.02 Å². The molecule has 0 saturated carbocycles. The molecule has 0 radical (unpaired) electrons. The van der Waals surface area contributed by atoms with Gasteiger partial charge in [0.05, 0.1) is 42.5 Å². The van der Waals surface area contributed by atoms with E-state index in [4.69, 9.17) is 16.3 Å². The van der Waals surface area contributed by atoms with Crippen LogP contribution in [0.3, 0.4) is 0 Å². The molecule has 0 aliphatic heterocycles. The summed E-state index contributed by atoms with van der Waals surface area (Å²) in [6, 6.07) is 7.28. The van der Waals surface area contributed by atoms with Gasteiger partial charge in [-0.15, -0.1) is 0 Å². The van der Waals surface area contributed by atoms with E-state index in [-0.39, 0.29) is 23.4 Å². The van der Waals surface area contributed by atoms with Crippen LogP contribution in [0.25, 0.3) is 16.9 Å². The van der Waals surface area contributed by atoms with Gasteiger partial charge in [-0.3, -0.25) is 9.48 Å². The summed E-state index contributed by atoms with van der Waals surface area (Å²) in [5.74, 6) is -0.0947. The molecular weight excluding hydrogens is 461 g/mol. The highest BCUT2D eigenvalue weighted by molar-refractivity contribution is 6.31. The molecule has 0 fully saturated rings. The molecule has 12 heteroatoms. The fraction of sp³-hybridized carbons (Fsp3) is 0.238. The Kier molecular flexibility index (Phi) is 5.98. The Bertz CT molecular complexity index is 1310. The third kappa shape index (κ3) is 4.36. The maximum absolute atomic E-state index is 13.8. The largest absolute Gasteiger partial charge is 0.497 e. The lowest BCUT2D eigenvalue weighted by Crippen LogP contribution is -2.25. The molecule has 0 aliphatic rings. The summed E-state index contributed by atoms with van der Waals surface area (Å²) in [5.41, 5.74) is -0.330. The second-order valence-corrected chi connectivity index (χ2v) is 7.39. The molecule has 0 saturated heterocycles. The standard InChI is InChI=1S/C21H18ClF3N6O2/c1-3-30-17(15(22)10-27-30)11-26-20(32)14-9-28-31-18(21(23,24)25)8-16(29-19(14)31)12-4-6-13(33-2)7-5-12/h4-10H,3,11H2,1-2H3,(H,26,32). The summed E-state index contributed by atoms with van der Waals surface area (Å²) in [6.45, 7) is 2.44. The highest BCUT2D eigenvalue weighted by Gasteiger charge is 2.36. The Morgan fingerprint density at radius 2 is 1.91 bits per heavy atom. The van der Waals surface area contributed by atoms with Crippen LogP contribution in [0, 0.1) is 0 Å². The van der Waals surface area contributed by atoms with Crippen LogP contribution in [-0.2, 0) is 19.3 Å². The molecular formula is C21H18ClF3N6O2. The average Bonchev–Trinajstić information content (AvgIpc) is 3.39. The quantitative estimate of drug-likeness (QED) is 0.448. The van der Waals surface area contributed by atoms with E-state index in [1.54, 1.807) is 28.9 Å². The van der Waals surface area contributed by atoms with E-state index < -0.39 is 17.8 Å². The number of ether oxygens (including phenoxy) is 1. The average molecular weight is 479 g/mol. The maximum atomic E-state index is 13.8. The number of carbonyl (C=O) groups is 1. The molecule has 0 aliphatic carbocycles. The van der Waals surface area contributed by atoms with E-state index in [1.807, 2.05) is 6.92 Å². The predicted octanol–water partition coefficient (Wildman–Crippen LogP) is 4.22. The van der Waals surface area contributed by atoms with Crippen molar-refractivity contribution in [2.24, 2.45) is 0 Å². The van der Waals surface area contributed by atoms with Crippen molar-refractivity contribution in [1.82, 2.24) is 29.7 Å². The Balaban J connectivity index is 1.74. The first-order valence-corrected chi connectivity index (χ1v) is 10.2. The van der Waals surface area contributed by atoms with Crippen LogP contribution < -0.4 is 10.1 Å². The van der Waals surface area contributed by atoms with Gasteiger partial charge >= 0.3 is 6.18 Å². The first-order valence-electron chi connectivity index (χ1n) is 9.81. The van der Waals surface area contributed by atoms with Crippen molar-refractivity contribution in [3.63, 3.8) is 0 Å². The normalized spacial score (nSPS) is 11.7. The van der Waals surface area contributed by atoms with E-state index in [9.17, 15) is 18.0 Å². The Morgan fingerprint density at radius 1 is 1.18 bits per heavy atom. The zero-order valence-electron chi connectivity index (χ0n) is 17.5. The van der Waals surface area contributed by atoms with Gasteiger partial charge in [-0.05, 0) is 37.3 Å². The van der Waals surface area contributed by atoms with Crippen LogP contribution in [0.15, 0.2) is 42.7 Å². The third-order valence-electron chi connectivity index (χ3n) is 5.01. The van der Waals surface area contributed by atoms with Crippen molar-refractivity contribution in [2.45, 2.75) is 26.2 Å². The molecule has 3 aromatic heterocycles. The number of rotatable bonds is 6. The molecule has 0 bridgehead atoms. The van der Waals surface area contributed by atoms with Crippen molar-refractivity contribution in [3.8, 4) is 17.0 Å². The molecule has 8 nitrogen and oxygen atoms in total. The van der Waals surface area contributed by atoms with E-state index >= 15 is 0 Å². The van der Waals surface area contributed by atoms with Crippen molar-refractivity contribution in [3.05, 3.63) is 64.7 Å². The van der Waals surface area contributed by atoms with Crippen LogP contribution >= 0.6 is 11.6 Å². The summed E-state index contributed by atoms with van der Waals surface area (Å²) >= 11 is 6.11. The lowest BCUT2D eigenvalue weighted by molar-refractivity contribution is -0.142. The number of amides is 1. The minimum atomic E-state index is -4.72. The van der Waals surface area contributed by atoms with Crippen LogP contribution in [0.5, 0.6) is 5.75 Å². The van der Waals surface area contributed by atoms with Gasteiger partial charge in [0.1, 0.15) is 11.3 Å². The van der Waals surface area contributed by atoms with Gasteiger partial charge in [0.25, 0.3) is 5.91 Å². The predicted molar refractivity (Wildman–Crippen MR) is 114 cm³/mol. The number of alkyl halides is 3. The number of fused-ring (bicyclic) bond motifs is 1. The highest BCUT2D eigenvalue weighted by atomic mass is 35.5. The Morgan fingerprint density at radius 3 is 2.55 bits per heavy atom. The van der Waals surface area contributed by atoms with Gasteiger partial charge in [0, 0.05) is 12.1 Å². The molecule has 33 heavy (non-hydrogen) atoms. The van der Waals surface area contributed by atoms with E-state index in [0.717, 1.165) is 12.3 Å². The molecule has 3 heterocycles. The van der Waals surface area contributed by atoms with Crippen LogP contribution in [0.1, 0.15) is 28.7 Å². The van der Waals surface area contributed by atoms with Crippen LogP contribution in [-0.4, -0.2) is 37.4 Å². The smallest absolute Gasteiger partial charge is 0.433 e. The number of halogens is 4. The third-order valence-corrected chi connectivity index (χ3v) is 5.32. The fourth-order valence-electron chi connectivity index (χ4n) is 3.33. The Labute approximate surface area is 190 Å². The topological polar surface area (TPSA) is 86.3 Å². The SMILES string of the molecule is CCn1ncc(Cl)c1CNC(=O)c1cnn2c(C(F)(F)F)cc(-c3ccc(OC)cc3)nc12. The molecule has 4 aromatic rings. The maximum Gasteiger partial charge on any atom is 0.433 e. The number of hydrogen-bond acceptors (Lipinski definition) is 5. The first-order chi connectivity index (χ1) is 15.7. The summed E-state index contributed by atoms with van der Waals surface area (Å²) in [6.07, 6.45) is -2.20. The highest BCUT2D eigenvalue weighted by Crippen LogP contribution is 2.33. The monoisotopic (exact) mass is 478 g/mol. The summed E-state index contributed by atoms with van der Waals surface area (Å²) in [7, 11) is 1.49. The number of nitrogens with one attached hydrogen (secondary N) is 1. The first kappa shape index (κ1) is 22.6. The lowest BCUT2D eigenvalue weighted by atomic mass is 10.1. The van der Waals surface area contributed by atoms with Crippen molar-refractivity contribution < 1.29 is 22.7 Å². The van der Waals surface area contributed by atoms with Crippen molar-refractivity contribution in [2.75, 3.05) is 7.11 Å². The number of hydrogen-bond donors (Lipinski definition) is 1. The van der Waals surface area contributed by atoms with Crippen molar-refractivity contribution in [1.29, 1.82) is 0 Å². The zero-order chi connectivity index (χ0) is 23.8. The molecule has 1 N–H and O–H groups in total. The molecule has 0 unspecified atom stereocenters. The lowest BCUT2D eigenvalue weighted by Gasteiger charge is -2.12. The van der Waals surface area contributed by atoms with Crippen LogP contribution in [0.4, 0.5) is 13.2 Å². The van der Waals surface area contributed by atoms with E-state index in [1.165, 1.54) is 13.3 Å². The second kappa shape index (κ2) is 8.74. The minimum absolute atomic E-state index is 0.0349. The van der Waals surface area contributed by atoms with Gasteiger partial charge in [-0.2, -0.15) is 23.4 Å². The van der Waals surface area contributed by atoms with Gasteiger partial charge < -0.3 is 10.1 Å². The molecule has 1 aromatic carbocycles. The minimum Gasteiger partial charge on any atom is -0.497 e. The summed E-state index contributed by atoms with van der Waals surface area (Å²) in [5, 5.41) is 10.9. The number of nitrogens with zero attached hydrogens (tertiary/aromatic N) is 5. The second-order valence-electron chi connectivity index (χ2n) is 6.98. The summed E-state index contributed by atoms with van der Waals surface area (Å²) in [4.78, 5) is 17.2. The number of benzene rings is 1. The molecule has 4 rings (SSSR count).